The number of nitrogens with two attached hydrogens (primary N) is 1. The quantitative estimate of drug-likeness (QED) is 0.0341. The number of aryl methyl sites for hydroxylation is 2. The second-order valence-corrected chi connectivity index (χ2v) is 14.8. The van der Waals surface area contributed by atoms with Crippen LogP contribution in [0.5, 0.6) is 0 Å². The number of benzene rings is 1. The summed E-state index contributed by atoms with van der Waals surface area (Å²) in [7, 11) is 0. The Kier molecular flexibility index (Phi) is 19.9. The lowest BCUT2D eigenvalue weighted by atomic mass is 10.0. The summed E-state index contributed by atoms with van der Waals surface area (Å²) in [6.07, 6.45) is -3.61. The summed E-state index contributed by atoms with van der Waals surface area (Å²) >= 11 is 0. The van der Waals surface area contributed by atoms with E-state index in [1.54, 1.807) is 18.3 Å². The van der Waals surface area contributed by atoms with Gasteiger partial charge in [-0.2, -0.15) is 4.98 Å². The smallest absolute Gasteiger partial charge is 0.303 e. The maximum absolute atomic E-state index is 13.7. The third-order valence-electron chi connectivity index (χ3n) is 9.81. The van der Waals surface area contributed by atoms with Crippen LogP contribution in [0.15, 0.2) is 35.3 Å². The van der Waals surface area contributed by atoms with Crippen LogP contribution in [-0.4, -0.2) is 136 Å². The van der Waals surface area contributed by atoms with E-state index in [0.29, 0.717) is 29.4 Å². The third kappa shape index (κ3) is 17.2. The largest absolute Gasteiger partial charge is 0.481 e. The van der Waals surface area contributed by atoms with Crippen LogP contribution in [-0.2, 0) is 60.8 Å². The van der Waals surface area contributed by atoms with Gasteiger partial charge in [-0.3, -0.25) is 57.7 Å². The van der Waals surface area contributed by atoms with E-state index in [1.165, 1.54) is 12.1 Å². The van der Waals surface area contributed by atoms with Crippen LogP contribution in [0, 0.1) is 0 Å². The number of nitrogen functional groups attached to an aromatic ring is 1. The number of nitrogens with zero attached hydrogens (tertiary/aromatic N) is 1. The van der Waals surface area contributed by atoms with E-state index in [4.69, 9.17) is 10.8 Å². The van der Waals surface area contributed by atoms with E-state index in [-0.39, 0.29) is 24.2 Å². The molecule has 3 aromatic rings. The SMILES string of the molecule is Nc1nc2[nH]cc(CCc3ccc(C(=O)N[C@@H](CCC(=O)O)C(=O)N[C@@H](CCC(=O)O)C(=O)N[C@@H](CCC(=O)O)C(=O)N[C@@H](CCC(=O)O)C(=O)N[C@H](C=O)CCC(=O)O)cc3)c2c(=O)[nH]1. The molecule has 0 unspecified atom stereocenters. The number of aromatic nitrogens is 3. The Morgan fingerprint density at radius 1 is 0.591 bits per heavy atom. The maximum Gasteiger partial charge on any atom is 0.303 e. The fourth-order valence-electron chi connectivity index (χ4n) is 6.36. The van der Waals surface area contributed by atoms with Crippen LogP contribution in [0.1, 0.15) is 85.7 Å². The van der Waals surface area contributed by atoms with E-state index in [9.17, 15) is 78.0 Å². The molecular weight excluding hydrogens is 878 g/mol. The Morgan fingerprint density at radius 2 is 1.00 bits per heavy atom. The van der Waals surface area contributed by atoms with Gasteiger partial charge in [-0.05, 0) is 68.2 Å². The van der Waals surface area contributed by atoms with Crippen LogP contribution in [0.3, 0.4) is 0 Å². The van der Waals surface area contributed by atoms with Crippen LogP contribution >= 0.6 is 0 Å². The van der Waals surface area contributed by atoms with Gasteiger partial charge in [0.25, 0.3) is 11.5 Å². The molecule has 5 atom stereocenters. The summed E-state index contributed by atoms with van der Waals surface area (Å²) in [4.78, 5) is 157. The number of carbonyl (C=O) groups is 11. The van der Waals surface area contributed by atoms with Crippen molar-refractivity contribution < 1.29 is 78.3 Å². The highest BCUT2D eigenvalue weighted by atomic mass is 16.4. The molecule has 3 rings (SSSR count). The molecule has 1 aromatic carbocycles. The Bertz CT molecular complexity index is 2360. The van der Waals surface area contributed by atoms with E-state index < -0.39 is 153 Å². The van der Waals surface area contributed by atoms with Crippen LogP contribution in [0.4, 0.5) is 5.95 Å². The Morgan fingerprint density at radius 3 is 1.42 bits per heavy atom. The number of carbonyl (C=O) groups excluding carboxylic acids is 6. The molecule has 0 aliphatic carbocycles. The molecule has 356 valence electrons. The monoisotopic (exact) mass is 927 g/mol. The summed E-state index contributed by atoms with van der Waals surface area (Å²) < 4.78 is 0. The minimum Gasteiger partial charge on any atom is -0.481 e. The van der Waals surface area contributed by atoms with Crippen LogP contribution in [0.2, 0.25) is 0 Å². The van der Waals surface area contributed by atoms with Crippen molar-refractivity contribution in [1.29, 1.82) is 0 Å². The second-order valence-electron chi connectivity index (χ2n) is 14.8. The number of nitrogens with one attached hydrogen (secondary N) is 7. The topological polar surface area (TPSA) is 437 Å². The zero-order valence-corrected chi connectivity index (χ0v) is 35.0. The zero-order chi connectivity index (χ0) is 49.1. The summed E-state index contributed by atoms with van der Waals surface area (Å²) in [5, 5.41) is 57.8. The number of carboxylic acids is 5. The Labute approximate surface area is 372 Å². The first-order valence-corrected chi connectivity index (χ1v) is 20.2. The lowest BCUT2D eigenvalue weighted by molar-refractivity contribution is -0.140. The number of carboxylic acid groups (broad SMARTS) is 5. The van der Waals surface area contributed by atoms with Gasteiger partial charge in [0.15, 0.2) is 0 Å². The molecule has 0 bridgehead atoms. The first-order valence-electron chi connectivity index (χ1n) is 20.2. The summed E-state index contributed by atoms with van der Waals surface area (Å²) in [6.45, 7) is 0. The van der Waals surface area contributed by atoms with Crippen LogP contribution in [0.25, 0.3) is 11.0 Å². The molecule has 0 aliphatic rings. The van der Waals surface area contributed by atoms with Gasteiger partial charge in [0.2, 0.25) is 29.6 Å². The number of hydrogen-bond acceptors (Lipinski definition) is 14. The lowest BCUT2D eigenvalue weighted by Crippen LogP contribution is -2.58. The predicted molar refractivity (Wildman–Crippen MR) is 224 cm³/mol. The van der Waals surface area contributed by atoms with Crippen molar-refractivity contribution in [2.75, 3.05) is 5.73 Å². The fraction of sp³-hybridized carbons (Fsp3) is 0.425. The average molecular weight is 928 g/mol. The standard InChI is InChI=1S/C40H49N9O17/c41-40-48-33-32(39(66)49-40)21(17-42-33)6-3-19-1-4-20(5-2-19)34(61)44-24(9-14-29(55)56)36(63)46-26(11-16-31(59)60)38(65)47-25(10-15-30(57)58)37(64)45-23(8-13-28(53)54)35(62)43-22(18-50)7-12-27(51)52/h1-2,4-5,17-18,22-26H,3,6-16H2,(H,43,62)(H,44,61)(H,45,64)(H,46,63)(H,47,65)(H,51,52)(H,53,54)(H,55,56)(H,57,58)(H,59,60)(H4,41,42,48,49,66)/t22-,23-,24-,25-,26-/m0/s1. The Hall–Kier alpha value is -8.19. The molecule has 0 fully saturated rings. The number of amides is 5. The lowest BCUT2D eigenvalue weighted by Gasteiger charge is -2.26. The molecule has 0 spiro atoms. The highest BCUT2D eigenvalue weighted by Crippen LogP contribution is 2.17. The molecule has 0 radical (unpaired) electrons. The molecule has 0 aliphatic heterocycles. The van der Waals surface area contributed by atoms with Crippen molar-refractivity contribution in [3.8, 4) is 0 Å². The van der Waals surface area contributed by atoms with Crippen molar-refractivity contribution in [2.45, 2.75) is 107 Å². The Balaban J connectivity index is 1.79. The maximum atomic E-state index is 13.7. The zero-order valence-electron chi connectivity index (χ0n) is 35.0. The average Bonchev–Trinajstić information content (AvgIpc) is 3.66. The molecule has 5 amide bonds. The van der Waals surface area contributed by atoms with E-state index in [1.807, 2.05) is 0 Å². The van der Waals surface area contributed by atoms with Crippen molar-refractivity contribution in [2.24, 2.45) is 0 Å². The van der Waals surface area contributed by atoms with Crippen molar-refractivity contribution in [3.05, 3.63) is 57.5 Å². The van der Waals surface area contributed by atoms with Crippen molar-refractivity contribution in [1.82, 2.24) is 41.5 Å². The molecule has 0 saturated carbocycles. The minimum absolute atomic E-state index is 0.0276. The second kappa shape index (κ2) is 25.2. The fourth-order valence-corrected chi connectivity index (χ4v) is 6.36. The number of rotatable bonds is 29. The first kappa shape index (κ1) is 52.2. The van der Waals surface area contributed by atoms with Gasteiger partial charge in [0, 0.05) is 43.9 Å². The van der Waals surface area contributed by atoms with Gasteiger partial charge < -0.3 is 67.6 Å². The number of H-pyrrole nitrogens is 2. The van der Waals surface area contributed by atoms with Gasteiger partial charge in [-0.1, -0.05) is 12.1 Å². The normalized spacial score (nSPS) is 13.2. The number of aldehydes is 1. The van der Waals surface area contributed by atoms with Crippen molar-refractivity contribution >= 4 is 82.7 Å². The minimum atomic E-state index is -1.83. The molecule has 0 saturated heterocycles. The third-order valence-corrected chi connectivity index (χ3v) is 9.81. The number of fused-ring (bicyclic) bond motifs is 1. The summed E-state index contributed by atoms with van der Waals surface area (Å²) in [5.74, 6) is -12.7. The molecule has 26 heteroatoms. The van der Waals surface area contributed by atoms with E-state index >= 15 is 0 Å². The summed E-state index contributed by atoms with van der Waals surface area (Å²) in [5.41, 5.74) is 6.91. The molecule has 14 N–H and O–H groups in total. The number of hydrogen-bond donors (Lipinski definition) is 13. The molecule has 2 heterocycles. The molecule has 26 nitrogen and oxygen atoms in total. The van der Waals surface area contributed by atoms with Crippen LogP contribution < -0.4 is 37.9 Å². The van der Waals surface area contributed by atoms with Gasteiger partial charge in [0.1, 0.15) is 36.1 Å². The number of anilines is 1. The highest BCUT2D eigenvalue weighted by molar-refractivity contribution is 5.99. The number of aliphatic carboxylic acids is 5. The highest BCUT2D eigenvalue weighted by Gasteiger charge is 2.33. The predicted octanol–water partition coefficient (Wildman–Crippen LogP) is -1.82. The van der Waals surface area contributed by atoms with Gasteiger partial charge in [-0.15, -0.1) is 0 Å². The first-order chi connectivity index (χ1) is 31.2. The van der Waals surface area contributed by atoms with Crippen molar-refractivity contribution in [3.63, 3.8) is 0 Å². The summed E-state index contributed by atoms with van der Waals surface area (Å²) in [6, 6.07) is -2.34. The molecule has 2 aromatic heterocycles. The van der Waals surface area contributed by atoms with E-state index in [0.717, 1.165) is 5.56 Å². The molecular formula is C40H49N9O17. The van der Waals surface area contributed by atoms with Gasteiger partial charge in [-0.25, -0.2) is 0 Å². The number of aromatic amines is 2. The molecule has 66 heavy (non-hydrogen) atoms. The van der Waals surface area contributed by atoms with E-state index in [2.05, 4.69) is 41.5 Å². The van der Waals surface area contributed by atoms with Gasteiger partial charge >= 0.3 is 29.8 Å². The van der Waals surface area contributed by atoms with Gasteiger partial charge in [0.05, 0.1) is 11.4 Å².